The molecule has 2 unspecified atom stereocenters. The number of benzene rings is 1. The van der Waals surface area contributed by atoms with Crippen molar-refractivity contribution in [2.24, 2.45) is 0 Å². The maximum absolute atomic E-state index is 12.4. The van der Waals surface area contributed by atoms with Gasteiger partial charge in [0.15, 0.2) is 0 Å². The van der Waals surface area contributed by atoms with Gasteiger partial charge in [-0.3, -0.25) is 4.79 Å². The Morgan fingerprint density at radius 3 is 2.65 bits per heavy atom. The van der Waals surface area contributed by atoms with Gasteiger partial charge >= 0.3 is 0 Å². The van der Waals surface area contributed by atoms with Crippen LogP contribution in [0, 0.1) is 0 Å². The molecule has 0 saturated carbocycles. The molecule has 1 aliphatic rings. The highest BCUT2D eigenvalue weighted by Crippen LogP contribution is 2.17. The number of unbranched alkanes of at least 4 members (excludes halogenated alkanes) is 1. The molecule has 0 aromatic heterocycles. The summed E-state index contributed by atoms with van der Waals surface area (Å²) < 4.78 is 0. The summed E-state index contributed by atoms with van der Waals surface area (Å²) in [5.74, 6) is 0.0484. The normalized spacial score (nSPS) is 21.0. The van der Waals surface area contributed by atoms with Crippen molar-refractivity contribution in [2.45, 2.75) is 58.5 Å². The molecule has 1 aromatic rings. The van der Waals surface area contributed by atoms with Crippen molar-refractivity contribution < 1.29 is 4.79 Å². The van der Waals surface area contributed by atoms with Gasteiger partial charge < -0.3 is 15.5 Å². The number of hydrogen-bond donors (Lipinski definition) is 2. The van der Waals surface area contributed by atoms with Crippen LogP contribution in [-0.2, 0) is 0 Å². The molecule has 0 aliphatic carbocycles. The van der Waals surface area contributed by atoms with Gasteiger partial charge in [-0.25, -0.2) is 0 Å². The van der Waals surface area contributed by atoms with Crippen molar-refractivity contribution in [1.82, 2.24) is 10.6 Å². The zero-order valence-electron chi connectivity index (χ0n) is 14.8. The van der Waals surface area contributed by atoms with E-state index in [2.05, 4.69) is 48.4 Å². The summed E-state index contributed by atoms with van der Waals surface area (Å²) in [6.07, 6.45) is 4.41. The van der Waals surface area contributed by atoms with E-state index in [1.165, 1.54) is 18.5 Å². The van der Waals surface area contributed by atoms with Gasteiger partial charge in [-0.05, 0) is 63.9 Å². The molecule has 2 N–H and O–H groups in total. The van der Waals surface area contributed by atoms with Crippen LogP contribution in [0.25, 0.3) is 0 Å². The van der Waals surface area contributed by atoms with Crippen LogP contribution in [-0.4, -0.2) is 37.6 Å². The zero-order valence-corrected chi connectivity index (χ0v) is 14.8. The minimum atomic E-state index is 0.0484. The lowest BCUT2D eigenvalue weighted by Crippen LogP contribution is -2.46. The molecule has 1 amide bonds. The first-order valence-electron chi connectivity index (χ1n) is 9.03. The molecule has 23 heavy (non-hydrogen) atoms. The molecule has 2 rings (SSSR count). The minimum Gasteiger partial charge on any atom is -0.372 e. The van der Waals surface area contributed by atoms with Gasteiger partial charge in [0, 0.05) is 36.4 Å². The van der Waals surface area contributed by atoms with Gasteiger partial charge in [0.1, 0.15) is 0 Å². The predicted octanol–water partition coefficient (Wildman–Crippen LogP) is 3.18. The molecule has 1 heterocycles. The fourth-order valence-electron chi connectivity index (χ4n) is 3.17. The summed E-state index contributed by atoms with van der Waals surface area (Å²) in [6, 6.07) is 8.80. The number of nitrogens with one attached hydrogen (secondary N) is 2. The average molecular weight is 317 g/mol. The lowest BCUT2D eigenvalue weighted by molar-refractivity contribution is 0.0925. The van der Waals surface area contributed by atoms with Crippen molar-refractivity contribution >= 4 is 11.6 Å². The van der Waals surface area contributed by atoms with Gasteiger partial charge in [0.25, 0.3) is 5.91 Å². The quantitative estimate of drug-likeness (QED) is 0.812. The van der Waals surface area contributed by atoms with Crippen LogP contribution in [0.1, 0.15) is 56.8 Å². The molecule has 128 valence electrons. The minimum absolute atomic E-state index is 0.0484. The van der Waals surface area contributed by atoms with Gasteiger partial charge in [-0.15, -0.1) is 0 Å². The van der Waals surface area contributed by atoms with E-state index >= 15 is 0 Å². The zero-order chi connectivity index (χ0) is 16.7. The fraction of sp³-hybridized carbons (Fsp3) is 0.632. The standard InChI is InChI=1S/C19H31N3O/c1-4-6-13-22(5-2)18-9-7-16(8-10-18)19(23)21-17-11-12-20-15(3)14-17/h7-10,15,17,20H,4-6,11-14H2,1-3H3,(H,21,23). The molecule has 1 saturated heterocycles. The van der Waals surface area contributed by atoms with E-state index < -0.39 is 0 Å². The first kappa shape index (κ1) is 17.8. The van der Waals surface area contributed by atoms with Gasteiger partial charge in [0.2, 0.25) is 0 Å². The van der Waals surface area contributed by atoms with Crippen LogP contribution in [0.4, 0.5) is 5.69 Å². The molecule has 1 fully saturated rings. The summed E-state index contributed by atoms with van der Waals surface area (Å²) in [5, 5.41) is 6.58. The molecule has 4 nitrogen and oxygen atoms in total. The first-order valence-corrected chi connectivity index (χ1v) is 9.03. The third-order valence-electron chi connectivity index (χ3n) is 4.62. The number of rotatable bonds is 7. The molecule has 2 atom stereocenters. The first-order chi connectivity index (χ1) is 11.1. The van der Waals surface area contributed by atoms with Crippen LogP contribution >= 0.6 is 0 Å². The fourth-order valence-corrected chi connectivity index (χ4v) is 3.17. The Labute approximate surface area is 140 Å². The molecule has 1 aromatic carbocycles. The van der Waals surface area contributed by atoms with Crippen molar-refractivity contribution in [3.63, 3.8) is 0 Å². The van der Waals surface area contributed by atoms with Crippen molar-refractivity contribution in [2.75, 3.05) is 24.5 Å². The maximum Gasteiger partial charge on any atom is 0.251 e. The van der Waals surface area contributed by atoms with E-state index in [4.69, 9.17) is 0 Å². The lowest BCUT2D eigenvalue weighted by Gasteiger charge is -2.28. The Morgan fingerprint density at radius 1 is 1.30 bits per heavy atom. The SMILES string of the molecule is CCCCN(CC)c1ccc(C(=O)NC2CCNC(C)C2)cc1. The highest BCUT2D eigenvalue weighted by Gasteiger charge is 2.20. The monoisotopic (exact) mass is 317 g/mol. The highest BCUT2D eigenvalue weighted by molar-refractivity contribution is 5.94. The molecular weight excluding hydrogens is 286 g/mol. The van der Waals surface area contributed by atoms with Gasteiger partial charge in [0.05, 0.1) is 0 Å². The highest BCUT2D eigenvalue weighted by atomic mass is 16.1. The summed E-state index contributed by atoms with van der Waals surface area (Å²) in [5.41, 5.74) is 1.96. The van der Waals surface area contributed by atoms with E-state index in [9.17, 15) is 4.79 Å². The van der Waals surface area contributed by atoms with E-state index in [0.717, 1.165) is 38.0 Å². The summed E-state index contributed by atoms with van der Waals surface area (Å²) in [6.45, 7) is 9.61. The topological polar surface area (TPSA) is 44.4 Å². The Bertz CT molecular complexity index is 486. The smallest absolute Gasteiger partial charge is 0.251 e. The Kier molecular flexibility index (Phi) is 6.90. The van der Waals surface area contributed by atoms with E-state index in [-0.39, 0.29) is 11.9 Å². The molecule has 0 radical (unpaired) electrons. The summed E-state index contributed by atoms with van der Waals surface area (Å²) >= 11 is 0. The Hall–Kier alpha value is -1.55. The Balaban J connectivity index is 1.93. The van der Waals surface area contributed by atoms with E-state index in [1.807, 2.05) is 12.1 Å². The number of hydrogen-bond acceptors (Lipinski definition) is 3. The second-order valence-electron chi connectivity index (χ2n) is 6.53. The molecule has 0 bridgehead atoms. The number of piperidine rings is 1. The predicted molar refractivity (Wildman–Crippen MR) is 97.2 cm³/mol. The Morgan fingerprint density at radius 2 is 2.04 bits per heavy atom. The molecular formula is C19H31N3O. The third-order valence-corrected chi connectivity index (χ3v) is 4.62. The second kappa shape index (κ2) is 8.92. The van der Waals surface area contributed by atoms with Crippen molar-refractivity contribution in [3.05, 3.63) is 29.8 Å². The molecule has 4 heteroatoms. The summed E-state index contributed by atoms with van der Waals surface area (Å²) in [4.78, 5) is 14.8. The molecule has 0 spiro atoms. The molecule has 1 aliphatic heterocycles. The summed E-state index contributed by atoms with van der Waals surface area (Å²) in [7, 11) is 0. The number of anilines is 1. The van der Waals surface area contributed by atoms with Gasteiger partial charge in [-0.2, -0.15) is 0 Å². The van der Waals surface area contributed by atoms with Crippen LogP contribution in [0.15, 0.2) is 24.3 Å². The lowest BCUT2D eigenvalue weighted by atomic mass is 10.0. The number of amides is 1. The van der Waals surface area contributed by atoms with Crippen LogP contribution in [0.2, 0.25) is 0 Å². The van der Waals surface area contributed by atoms with E-state index in [1.54, 1.807) is 0 Å². The van der Waals surface area contributed by atoms with Crippen molar-refractivity contribution in [3.8, 4) is 0 Å². The average Bonchev–Trinajstić information content (AvgIpc) is 2.56. The van der Waals surface area contributed by atoms with Crippen molar-refractivity contribution in [1.29, 1.82) is 0 Å². The maximum atomic E-state index is 12.4. The largest absolute Gasteiger partial charge is 0.372 e. The van der Waals surface area contributed by atoms with Crippen LogP contribution in [0.3, 0.4) is 0 Å². The van der Waals surface area contributed by atoms with E-state index in [0.29, 0.717) is 6.04 Å². The number of carbonyl (C=O) groups is 1. The van der Waals surface area contributed by atoms with Gasteiger partial charge in [-0.1, -0.05) is 13.3 Å². The third kappa shape index (κ3) is 5.24. The van der Waals surface area contributed by atoms with Crippen LogP contribution in [0.5, 0.6) is 0 Å². The second-order valence-corrected chi connectivity index (χ2v) is 6.53. The number of carbonyl (C=O) groups excluding carboxylic acids is 1. The van der Waals surface area contributed by atoms with Crippen LogP contribution < -0.4 is 15.5 Å². The number of nitrogens with zero attached hydrogens (tertiary/aromatic N) is 1.